The minimum absolute atomic E-state index is 0. The maximum Gasteiger partial charge on any atom is 0.364 e. The van der Waals surface area contributed by atoms with E-state index in [0.717, 1.165) is 27.9 Å². The average Bonchev–Trinajstić information content (AvgIpc) is 2.71. The molecule has 0 bridgehead atoms. The molecule has 31 heteroatoms. The normalized spacial score (nSPS) is 26.0. The molecule has 3 amide bonds. The monoisotopic (exact) mass is 1300 g/mol. The smallest absolute Gasteiger partial charge is 0.364 e. The zero-order valence-corrected chi connectivity index (χ0v) is 49.3. The number of aliphatic hydroxyl groups excluding tert-OH is 11. The summed E-state index contributed by atoms with van der Waals surface area (Å²) in [5.74, 6) is -6.02. The first-order chi connectivity index (χ1) is 40.5. The molecule has 29 nitrogen and oxygen atoms in total. The number of nitrogens with zero attached hydrogens (tertiary/aromatic N) is 4. The molecule has 16 atom stereocenters. The maximum atomic E-state index is 14.0. The van der Waals surface area contributed by atoms with E-state index >= 15 is 0 Å². The Kier molecular flexibility index (Phi) is 21.6. The number of phenols is 1. The molecule has 1 radical (unpaired) electrons. The number of aromatic hydroxyl groups is 1. The Morgan fingerprint density at radius 2 is 1.57 bits per heavy atom. The number of carboxylic acids is 1. The molecule has 461 valence electrons. The van der Waals surface area contributed by atoms with E-state index in [1.165, 1.54) is 18.3 Å². The van der Waals surface area contributed by atoms with Crippen LogP contribution in [0.1, 0.15) is 51.4 Å². The predicted molar refractivity (Wildman–Crippen MR) is 296 cm³/mol. The van der Waals surface area contributed by atoms with Crippen molar-refractivity contribution in [1.29, 1.82) is 0 Å². The van der Waals surface area contributed by atoms with E-state index in [2.05, 4.69) is 31.2 Å². The van der Waals surface area contributed by atoms with Crippen LogP contribution in [0.2, 0.25) is 0 Å². The zero-order chi connectivity index (χ0) is 61.2. The molecule has 3 aliphatic heterocycles. The number of aromatic amines is 1. The van der Waals surface area contributed by atoms with Gasteiger partial charge in [-0.15, -0.1) is 16.7 Å². The second kappa shape index (κ2) is 28.1. The van der Waals surface area contributed by atoms with E-state index in [9.17, 15) is 85.6 Å². The number of benzene rings is 4. The summed E-state index contributed by atoms with van der Waals surface area (Å²) in [6.45, 7) is -1.33. The molecule has 9 rings (SSSR count). The third-order valence-corrected chi connectivity index (χ3v) is 15.5. The van der Waals surface area contributed by atoms with E-state index < -0.39 is 135 Å². The van der Waals surface area contributed by atoms with Crippen molar-refractivity contribution in [1.82, 2.24) is 25.3 Å². The van der Waals surface area contributed by atoms with Crippen LogP contribution in [0.15, 0.2) is 85.1 Å². The van der Waals surface area contributed by atoms with E-state index in [1.54, 1.807) is 47.4 Å². The van der Waals surface area contributed by atoms with E-state index in [0.29, 0.717) is 40.2 Å². The number of aliphatic hydroxyl groups is 11. The van der Waals surface area contributed by atoms with Crippen molar-refractivity contribution in [2.24, 2.45) is 0 Å². The molecule has 0 saturated carbocycles. The van der Waals surface area contributed by atoms with Crippen molar-refractivity contribution in [2.75, 3.05) is 47.7 Å². The van der Waals surface area contributed by atoms with Gasteiger partial charge in [-0.3, -0.25) is 14.4 Å². The molecule has 4 aromatic carbocycles. The number of hydrogen-bond donors (Lipinski definition) is 17. The van der Waals surface area contributed by atoms with Crippen molar-refractivity contribution >= 4 is 74.0 Å². The van der Waals surface area contributed by atoms with Crippen LogP contribution in [0.3, 0.4) is 0 Å². The van der Waals surface area contributed by atoms with Crippen molar-refractivity contribution in [3.05, 3.63) is 108 Å². The minimum Gasteiger partial charge on any atom is -0.507 e. The van der Waals surface area contributed by atoms with Crippen LogP contribution in [0.5, 0.6) is 5.75 Å². The summed E-state index contributed by atoms with van der Waals surface area (Å²) in [7, 11) is 0. The number of fused-ring (bicyclic) bond motifs is 4. The molecule has 86 heavy (non-hydrogen) atoms. The van der Waals surface area contributed by atoms with Crippen LogP contribution >= 0.6 is 11.6 Å². The topological polar surface area (TPSA) is 454 Å². The number of nitrogens with one attached hydrogen (secondary N) is 4. The van der Waals surface area contributed by atoms with E-state index in [1.807, 2.05) is 24.3 Å². The number of carboxylic acid groups (broad SMARTS) is 1. The number of aliphatic carboxylic acids is 1. The fraction of sp³-hybridized carbons (Fsp3) is 0.455. The fourth-order valence-corrected chi connectivity index (χ4v) is 10.8. The molecule has 0 spiro atoms. The number of alkyl halides is 1. The average molecular weight is 1300 g/mol. The second-order valence-electron chi connectivity index (χ2n) is 21.1. The Morgan fingerprint density at radius 3 is 2.27 bits per heavy atom. The van der Waals surface area contributed by atoms with Crippen LogP contribution < -0.4 is 20.9 Å². The summed E-state index contributed by atoms with van der Waals surface area (Å²) in [5, 5.41) is 155. The fourth-order valence-electron chi connectivity index (χ4n) is 10.6. The summed E-state index contributed by atoms with van der Waals surface area (Å²) in [5.41, 5.74) is 3.60. The van der Waals surface area contributed by atoms with Crippen LogP contribution in [0.25, 0.3) is 21.7 Å². The zero-order valence-electron chi connectivity index (χ0n) is 45.7. The molecule has 6 aromatic rings. The number of aromatic nitrogens is 4. The van der Waals surface area contributed by atoms with E-state index in [-0.39, 0.29) is 80.6 Å². The molecule has 5 heterocycles. The van der Waals surface area contributed by atoms with Crippen molar-refractivity contribution in [3.8, 4) is 5.75 Å². The van der Waals surface area contributed by atoms with E-state index in [4.69, 9.17) is 30.5 Å². The third kappa shape index (κ3) is 14.3. The van der Waals surface area contributed by atoms with Gasteiger partial charge in [0.15, 0.2) is 6.29 Å². The number of anilines is 3. The van der Waals surface area contributed by atoms with Crippen LogP contribution in [0.4, 0.5) is 17.1 Å². The molecule has 0 aliphatic carbocycles. The summed E-state index contributed by atoms with van der Waals surface area (Å²) >= 11 is 6.38. The molecule has 2 saturated heterocycles. The van der Waals surface area contributed by atoms with Gasteiger partial charge in [0.1, 0.15) is 78.2 Å². The number of rotatable bonds is 23. The Bertz CT molecular complexity index is 3360. The SMILES string of the molecule is CC(=O)NC1C(O)CC(OCC2OC(O)C(O)C(O)C2O)(C(=O)O)OC1C(O)C(O)Cn1cc(COCC(O)C(O)C(O)C(O)CNc2ccc(C(=O)Nc3ccc4cc(C(=O)N5CC(CCl)c6c5cc(O)c5ccccc65)[nH]c4c3)cc2)nn1.[Y]. The first-order valence-corrected chi connectivity index (χ1v) is 27.3. The number of ether oxygens (including phenoxy) is 4. The number of H-pyrrole nitrogens is 1. The summed E-state index contributed by atoms with van der Waals surface area (Å²) in [4.78, 5) is 56.8. The second-order valence-corrected chi connectivity index (χ2v) is 21.5. The number of hydrogen-bond acceptors (Lipinski definition) is 23. The largest absolute Gasteiger partial charge is 0.507 e. The number of amides is 3. The third-order valence-electron chi connectivity index (χ3n) is 15.2. The van der Waals surface area contributed by atoms with Gasteiger partial charge in [-0.05, 0) is 53.4 Å². The molecule has 17 N–H and O–H groups in total. The van der Waals surface area contributed by atoms with Crippen molar-refractivity contribution < 1.29 is 137 Å². The van der Waals surface area contributed by atoms with Crippen LogP contribution in [-0.4, -0.2) is 234 Å². The Balaban J connectivity index is 0.00000961. The first kappa shape index (κ1) is 66.1. The number of phenolic OH excluding ortho intramolecular Hbond substituents is 1. The molecular formula is C55H65ClN8O21Y. The van der Waals surface area contributed by atoms with Gasteiger partial charge in [0.25, 0.3) is 17.6 Å². The first-order valence-electron chi connectivity index (χ1n) is 26.8. The quantitative estimate of drug-likeness (QED) is 0.0306. The Morgan fingerprint density at radius 1 is 0.872 bits per heavy atom. The van der Waals surface area contributed by atoms with Gasteiger partial charge in [-0.25, -0.2) is 9.48 Å². The Hall–Kier alpha value is -5.91. The number of halogens is 1. The molecular weight excluding hydrogens is 1230 g/mol. The minimum atomic E-state index is -2.83. The van der Waals surface area contributed by atoms with Gasteiger partial charge >= 0.3 is 5.97 Å². The summed E-state index contributed by atoms with van der Waals surface area (Å²) in [6, 6.07) is 20.5. The molecule has 16 unspecified atom stereocenters. The summed E-state index contributed by atoms with van der Waals surface area (Å²) in [6.07, 6.45) is -23.8. The molecule has 2 aromatic heterocycles. The van der Waals surface area contributed by atoms with Gasteiger partial charge < -0.3 is 111 Å². The van der Waals surface area contributed by atoms with Gasteiger partial charge in [0.05, 0.1) is 56.5 Å². The van der Waals surface area contributed by atoms with Crippen LogP contribution in [-0.2, 0) is 74.4 Å². The van der Waals surface area contributed by atoms with Gasteiger partial charge in [0.2, 0.25) is 5.91 Å². The standard InChI is InChI=1S/C55H65ClN8O21.Y/c1-24(65)58-43-37(67)15-55(54(80)81,83-23-41-47(74)48(75)49(76)53(79)84-41)85-50(43)46(73)39(69)20-63-19-30(61-62-63)21-82-22-40(70)45(72)44(71)38(68)17-57-28-9-6-25(7-10-28)51(77)59-29-11-8-26-12-34(60-33(26)13-29)52(78)64-18-27(16-56)42-32-5-3-2-4-31(32)36(66)14-35(42)64;/h2-14,19,27,37-41,43-50,53,57,60,66-76,79H,15-18,20-23H2,1H3,(H,58,65)(H,59,77)(H,80,81);. The van der Waals surface area contributed by atoms with Gasteiger partial charge in [-0.1, -0.05) is 35.5 Å². The van der Waals surface area contributed by atoms with Crippen LogP contribution in [0, 0.1) is 0 Å². The van der Waals surface area contributed by atoms with Crippen molar-refractivity contribution in [2.45, 2.75) is 124 Å². The Labute approximate surface area is 518 Å². The van der Waals surface area contributed by atoms with Gasteiger partial charge in [-0.2, -0.15) is 0 Å². The number of carbonyl (C=O) groups is 4. The maximum absolute atomic E-state index is 14.0. The van der Waals surface area contributed by atoms with Gasteiger partial charge in [0, 0.05) is 110 Å². The molecule has 2 fully saturated rings. The number of carbonyl (C=O) groups excluding carboxylic acids is 3. The summed E-state index contributed by atoms with van der Waals surface area (Å²) < 4.78 is 22.6. The molecule has 3 aliphatic rings. The predicted octanol–water partition coefficient (Wildman–Crippen LogP) is -2.10. The van der Waals surface area contributed by atoms with Crippen molar-refractivity contribution in [3.63, 3.8) is 0 Å².